The van der Waals surface area contributed by atoms with Crippen molar-refractivity contribution in [1.29, 1.82) is 5.26 Å². The first-order valence-electron chi connectivity index (χ1n) is 30.5. The Hall–Kier alpha value is -7.11. The van der Waals surface area contributed by atoms with Crippen molar-refractivity contribution >= 4 is 67.1 Å². The maximum atomic E-state index is 13.4. The molecule has 5 aromatic rings. The first-order chi connectivity index (χ1) is 42.8. The molecule has 0 saturated heterocycles. The molecule has 5 unspecified atom stereocenters. The molecule has 0 spiro atoms. The minimum absolute atomic E-state index is 0.0422. The van der Waals surface area contributed by atoms with Crippen molar-refractivity contribution in [3.8, 4) is 11.8 Å². The summed E-state index contributed by atoms with van der Waals surface area (Å²) in [6.07, 6.45) is 9.92. The van der Waals surface area contributed by atoms with Crippen LogP contribution < -0.4 is 4.74 Å². The number of esters is 1. The van der Waals surface area contributed by atoms with E-state index in [-0.39, 0.29) is 52.4 Å². The summed E-state index contributed by atoms with van der Waals surface area (Å²) in [5.41, 5.74) is 3.86. The monoisotopic (exact) mass is 1310 g/mol. The molecule has 2 N–H and O–H groups in total. The van der Waals surface area contributed by atoms with E-state index in [4.69, 9.17) is 16.1 Å². The predicted octanol–water partition coefficient (Wildman–Crippen LogP) is 14.2. The molecule has 0 aliphatic heterocycles. The Kier molecular flexibility index (Phi) is 24.5. The summed E-state index contributed by atoms with van der Waals surface area (Å²) in [7, 11) is -7.09. The molecule has 4 bridgehead atoms. The van der Waals surface area contributed by atoms with E-state index in [1.165, 1.54) is 0 Å². The van der Waals surface area contributed by atoms with Gasteiger partial charge in [0.1, 0.15) is 17.4 Å². The second-order valence-corrected chi connectivity index (χ2v) is 29.2. The summed E-state index contributed by atoms with van der Waals surface area (Å²) in [6.45, 7) is 18.6. The normalized spacial score (nSPS) is 21.1. The van der Waals surface area contributed by atoms with Crippen molar-refractivity contribution in [3.05, 3.63) is 189 Å². The molecule has 19 heteroatoms. The van der Waals surface area contributed by atoms with E-state index in [1.54, 1.807) is 55.7 Å². The summed E-state index contributed by atoms with van der Waals surface area (Å²) >= 11 is -2.00. The molecule has 0 aromatic heterocycles. The average Bonchev–Trinajstić information content (AvgIpc) is 1.54. The quantitative estimate of drug-likeness (QED) is 0.0139. The van der Waals surface area contributed by atoms with Gasteiger partial charge in [-0.3, -0.25) is 28.3 Å². The predicted molar refractivity (Wildman–Crippen MR) is 345 cm³/mol. The number of fused-ring (bicyclic) bond motifs is 4. The number of Topliss-reactive ketones (excluding diaryl/α,β-unsaturated/α-hetero) is 4. The Labute approximate surface area is 545 Å². The van der Waals surface area contributed by atoms with Crippen LogP contribution in [0.2, 0.25) is 0 Å². The molecular weight excluding hydrogens is 1230 g/mol. The Bertz CT molecular complexity index is 3720. The van der Waals surface area contributed by atoms with E-state index < -0.39 is 78.5 Å². The zero-order valence-corrected chi connectivity index (χ0v) is 56.7. The first kappa shape index (κ1) is 73.0. The van der Waals surface area contributed by atoms with Crippen molar-refractivity contribution in [2.75, 3.05) is 25.2 Å². The van der Waals surface area contributed by atoms with Gasteiger partial charge in [0, 0.05) is 27.8 Å². The molecule has 482 valence electrons. The minimum atomic E-state index is -4.33. The fraction of sp³-hybridized carbons (Fsp3) is 0.417. The summed E-state index contributed by atoms with van der Waals surface area (Å²) in [6, 6.07) is 42.7. The number of rotatable bonds is 20. The molecule has 16 nitrogen and oxygen atoms in total. The van der Waals surface area contributed by atoms with Gasteiger partial charge in [-0.25, -0.2) is 4.79 Å². The maximum absolute atomic E-state index is 13.4. The Balaban J connectivity index is 0.000000220. The molecule has 5 aromatic carbocycles. The van der Waals surface area contributed by atoms with Crippen LogP contribution in [0.15, 0.2) is 150 Å². The molecule has 4 saturated carbocycles. The summed E-state index contributed by atoms with van der Waals surface area (Å²) in [4.78, 5) is 64.1. The second-order valence-electron chi connectivity index (χ2n) is 26.0. The van der Waals surface area contributed by atoms with Gasteiger partial charge < -0.3 is 9.47 Å². The third-order valence-corrected chi connectivity index (χ3v) is 20.7. The zero-order chi connectivity index (χ0) is 67.3. The van der Waals surface area contributed by atoms with E-state index in [1.807, 2.05) is 125 Å². The van der Waals surface area contributed by atoms with Crippen LogP contribution in [0.3, 0.4) is 0 Å². The molecule has 0 radical (unpaired) electrons. The number of hydrogen-bond acceptors (Lipinski definition) is 14. The molecule has 4 aliphatic carbocycles. The second kappa shape index (κ2) is 30.6. The molecule has 9 rings (SSSR count). The molecule has 5 atom stereocenters. The number of carbonyl (C=O) groups excluding carboxylic acids is 5. The summed E-state index contributed by atoms with van der Waals surface area (Å²) in [5, 5.41) is 9.74. The van der Waals surface area contributed by atoms with Gasteiger partial charge in [-0.05, 0) is 130 Å². The number of nitrogens with zero attached hydrogens (tertiary/aromatic N) is 1. The Morgan fingerprint density at radius 1 is 0.659 bits per heavy atom. The van der Waals surface area contributed by atoms with Crippen LogP contribution in [0, 0.1) is 50.7 Å². The van der Waals surface area contributed by atoms with Gasteiger partial charge in [-0.15, -0.1) is 0 Å². The number of methoxy groups -OCH3 is 1. The number of ether oxygens (including phenoxy) is 2. The Morgan fingerprint density at radius 3 is 1.42 bits per heavy atom. The van der Waals surface area contributed by atoms with Crippen LogP contribution in [0.1, 0.15) is 169 Å². The molecule has 0 amide bonds. The number of carbonyl (C=O) groups is 5. The van der Waals surface area contributed by atoms with Crippen molar-refractivity contribution in [2.45, 2.75) is 126 Å². The molecule has 91 heavy (non-hydrogen) atoms. The van der Waals surface area contributed by atoms with Gasteiger partial charge in [0.2, 0.25) is 0 Å². The van der Waals surface area contributed by atoms with E-state index >= 15 is 0 Å². The van der Waals surface area contributed by atoms with Gasteiger partial charge >= 0.3 is 31.7 Å². The van der Waals surface area contributed by atoms with Crippen LogP contribution in [-0.4, -0.2) is 80.3 Å². The fourth-order valence-corrected chi connectivity index (χ4v) is 16.1. The van der Waals surface area contributed by atoms with Gasteiger partial charge in [-0.2, -0.15) is 22.1 Å². The van der Waals surface area contributed by atoms with Crippen molar-refractivity contribution in [3.63, 3.8) is 0 Å². The van der Waals surface area contributed by atoms with Crippen molar-refractivity contribution < 1.29 is 85.1 Å². The summed E-state index contributed by atoms with van der Waals surface area (Å²) < 4.78 is 93.8. The molecule has 0 heterocycles. The van der Waals surface area contributed by atoms with Crippen LogP contribution in [0.4, 0.5) is 0 Å². The van der Waals surface area contributed by atoms with Gasteiger partial charge in [0.25, 0.3) is 20.2 Å². The number of benzene rings is 5. The molecule has 4 aliphatic rings. The van der Waals surface area contributed by atoms with Gasteiger partial charge in [-0.1, -0.05) is 191 Å². The zero-order valence-electron chi connectivity index (χ0n) is 53.5. The number of allylic oxidation sites excluding steroid dienone is 2. The average molecular weight is 1310 g/mol. The SMILES string of the molecule is CC1(C)C2CCC1(CS(=O)(=O)O)C(=O)/C2=C\c1ccc(/C=C2/C(=O)C3(CS(=O)(=O)O)CCC2C3(C)C)cc1.CCCCC(CC)COC(=O)C(C#N)=C(c1ccccc1)c1ccccc1.COc1ccc(C(=O)CC(=O)c2ccc(C(C)(C)C)cc2)cc1.[O]=[Ti]=[O]. The van der Waals surface area contributed by atoms with Crippen LogP contribution >= 0.6 is 0 Å². The third kappa shape index (κ3) is 17.1. The van der Waals surface area contributed by atoms with E-state index in [0.717, 1.165) is 53.5 Å². The van der Waals surface area contributed by atoms with E-state index in [0.29, 0.717) is 71.8 Å². The van der Waals surface area contributed by atoms with Gasteiger partial charge in [0.15, 0.2) is 23.1 Å². The van der Waals surface area contributed by atoms with Crippen molar-refractivity contribution in [1.82, 2.24) is 0 Å². The van der Waals surface area contributed by atoms with Crippen LogP contribution in [0.25, 0.3) is 17.7 Å². The van der Waals surface area contributed by atoms with E-state index in [9.17, 15) is 55.2 Å². The topological polar surface area (TPSA) is 270 Å². The number of unbranched alkanes of at least 4 members (excludes halogenated alkanes) is 1. The van der Waals surface area contributed by atoms with E-state index in [2.05, 4.69) is 40.7 Å². The van der Waals surface area contributed by atoms with Crippen LogP contribution in [-0.2, 0) is 70.5 Å². The van der Waals surface area contributed by atoms with Gasteiger partial charge in [0.05, 0.1) is 42.5 Å². The van der Waals surface area contributed by atoms with Crippen LogP contribution in [0.5, 0.6) is 5.75 Å². The standard InChI is InChI=1S/C28H34O8S2.C24H27NO2.C20H22O3.2O.Ti/c1-25(2)21-9-11-27(25,15-37(31,32)33)23(29)19(21)13-17-5-7-18(8-6-17)14-20-22-10-12-28(24(20)30,26(22,3)4)16-38(34,35)36;1-3-5-12-19(4-2)18-27-24(26)22(17-25)23(20-13-8-6-9-14-20)21-15-10-7-11-16-21;1-20(2,3)16-9-5-14(6-10-16)18(21)13-19(22)15-7-11-17(23-4)12-8-15;;;/h5-8,13-14,21-22H,9-12,15-16H2,1-4H3,(H,31,32,33)(H,34,35,36);6-11,13-16,19H,3-5,12,18H2,1-2H3;5-12H,13H2,1-4H3;;;/b19-13-,20-14+;;;;;. The Morgan fingerprint density at radius 2 is 1.07 bits per heavy atom. The first-order valence-corrected chi connectivity index (χ1v) is 35.0. The molecular formula is C72H83NO15S2Ti. The molecule has 4 fully saturated rings. The number of ketones is 4. The summed E-state index contributed by atoms with van der Waals surface area (Å²) in [5.74, 6) is -1.66. The number of hydrogen-bond donors (Lipinski definition) is 2. The van der Waals surface area contributed by atoms with Crippen molar-refractivity contribution in [2.24, 2.45) is 39.4 Å². The number of nitriles is 1. The third-order valence-electron chi connectivity index (χ3n) is 19.0. The fourth-order valence-electron chi connectivity index (χ4n) is 13.5.